The number of rotatable bonds is 3. The van der Waals surface area contributed by atoms with Crippen molar-refractivity contribution in [1.29, 1.82) is 0 Å². The first-order valence-corrected chi connectivity index (χ1v) is 6.66. The Hall–Kier alpha value is -1.77. The largest absolute Gasteiger partial charge is 0.372 e. The molecule has 3 rings (SSSR count). The summed E-state index contributed by atoms with van der Waals surface area (Å²) in [5.74, 6) is 1.13. The minimum Gasteiger partial charge on any atom is -0.372 e. The van der Waals surface area contributed by atoms with Crippen LogP contribution in [0.1, 0.15) is 23.7 Å². The molecular weight excluding hydrogens is 222 g/mol. The number of nitrogens with zero attached hydrogens (tertiary/aromatic N) is 1. The van der Waals surface area contributed by atoms with E-state index < -0.39 is 0 Å². The van der Waals surface area contributed by atoms with Crippen LogP contribution in [-0.4, -0.2) is 23.9 Å². The first-order chi connectivity index (χ1) is 8.79. The number of fused-ring (bicyclic) bond motifs is 1. The minimum absolute atomic E-state index is 0.914. The fourth-order valence-corrected chi connectivity index (χ4v) is 2.77. The van der Waals surface area contributed by atoms with Crippen molar-refractivity contribution in [1.82, 2.24) is 10.3 Å². The van der Waals surface area contributed by atoms with E-state index in [-0.39, 0.29) is 0 Å². The normalized spacial score (nSPS) is 14.9. The molecular formula is C15H19N3. The summed E-state index contributed by atoms with van der Waals surface area (Å²) < 4.78 is 0. The van der Waals surface area contributed by atoms with Crippen LogP contribution in [0.2, 0.25) is 0 Å². The number of hydrogen-bond donors (Lipinski definition) is 2. The molecule has 0 radical (unpaired) electrons. The van der Waals surface area contributed by atoms with Gasteiger partial charge in [-0.3, -0.25) is 4.99 Å². The van der Waals surface area contributed by atoms with E-state index in [1.54, 1.807) is 0 Å². The molecule has 3 nitrogen and oxygen atoms in total. The van der Waals surface area contributed by atoms with Gasteiger partial charge in [-0.2, -0.15) is 0 Å². The lowest BCUT2D eigenvalue weighted by Crippen LogP contribution is -2.20. The zero-order valence-corrected chi connectivity index (χ0v) is 11.0. The Balaban J connectivity index is 2.11. The molecule has 2 N–H and O–H groups in total. The zero-order valence-electron chi connectivity index (χ0n) is 11.0. The Morgan fingerprint density at radius 1 is 1.33 bits per heavy atom. The van der Waals surface area contributed by atoms with E-state index in [1.807, 2.05) is 0 Å². The smallest absolute Gasteiger partial charge is 0.101 e. The van der Waals surface area contributed by atoms with Crippen molar-refractivity contribution in [3.8, 4) is 0 Å². The predicted octanol–water partition coefficient (Wildman–Crippen LogP) is 2.58. The Morgan fingerprint density at radius 2 is 2.22 bits per heavy atom. The molecule has 0 fully saturated rings. The van der Waals surface area contributed by atoms with E-state index in [9.17, 15) is 0 Å². The van der Waals surface area contributed by atoms with Gasteiger partial charge >= 0.3 is 0 Å². The molecule has 0 atom stereocenters. The third-order valence-electron chi connectivity index (χ3n) is 3.70. The maximum Gasteiger partial charge on any atom is 0.101 e. The van der Waals surface area contributed by atoms with Crippen LogP contribution in [0.5, 0.6) is 0 Å². The van der Waals surface area contributed by atoms with Crippen LogP contribution in [0.25, 0.3) is 10.9 Å². The number of amidine groups is 1. The van der Waals surface area contributed by atoms with Crippen LogP contribution in [-0.2, 0) is 12.8 Å². The molecule has 18 heavy (non-hydrogen) atoms. The molecule has 0 spiro atoms. The lowest BCUT2D eigenvalue weighted by Gasteiger charge is -2.06. The summed E-state index contributed by atoms with van der Waals surface area (Å²) in [4.78, 5) is 8.00. The summed E-state index contributed by atoms with van der Waals surface area (Å²) in [5.41, 5.74) is 5.34. The van der Waals surface area contributed by atoms with Gasteiger partial charge < -0.3 is 10.3 Å². The van der Waals surface area contributed by atoms with E-state index in [1.165, 1.54) is 27.7 Å². The van der Waals surface area contributed by atoms with Gasteiger partial charge in [-0.25, -0.2) is 0 Å². The first kappa shape index (κ1) is 11.3. The number of aromatic amines is 1. The van der Waals surface area contributed by atoms with Crippen molar-refractivity contribution in [3.63, 3.8) is 0 Å². The maximum atomic E-state index is 4.51. The van der Waals surface area contributed by atoms with Gasteiger partial charge in [0.15, 0.2) is 0 Å². The highest BCUT2D eigenvalue weighted by molar-refractivity contribution is 5.94. The van der Waals surface area contributed by atoms with Gasteiger partial charge in [-0.15, -0.1) is 0 Å². The third-order valence-corrected chi connectivity index (χ3v) is 3.70. The number of H-pyrrole nitrogens is 1. The van der Waals surface area contributed by atoms with Crippen LogP contribution in [0.15, 0.2) is 23.2 Å². The molecule has 0 saturated carbocycles. The average Bonchev–Trinajstić information content (AvgIpc) is 2.98. The van der Waals surface area contributed by atoms with Crippen LogP contribution < -0.4 is 5.32 Å². The Labute approximate surface area is 107 Å². The molecule has 0 aliphatic carbocycles. The molecule has 3 heteroatoms. The number of benzene rings is 1. The fourth-order valence-electron chi connectivity index (χ4n) is 2.77. The Kier molecular flexibility index (Phi) is 2.82. The SMILES string of the molecule is CCc1cccc2[nH]c(C)c(CC3=NCCN3)c12. The molecule has 0 bridgehead atoms. The number of nitrogens with one attached hydrogen (secondary N) is 2. The zero-order chi connectivity index (χ0) is 12.5. The topological polar surface area (TPSA) is 40.2 Å². The Bertz CT molecular complexity index is 607. The lowest BCUT2D eigenvalue weighted by atomic mass is 10.0. The molecule has 2 aromatic rings. The predicted molar refractivity (Wildman–Crippen MR) is 76.4 cm³/mol. The molecule has 1 aliphatic heterocycles. The van der Waals surface area contributed by atoms with Crippen molar-refractivity contribution in [2.45, 2.75) is 26.7 Å². The van der Waals surface area contributed by atoms with Crippen molar-refractivity contribution < 1.29 is 0 Å². The van der Waals surface area contributed by atoms with Crippen molar-refractivity contribution in [2.75, 3.05) is 13.1 Å². The molecule has 1 aromatic carbocycles. The van der Waals surface area contributed by atoms with Gasteiger partial charge in [0.2, 0.25) is 0 Å². The quantitative estimate of drug-likeness (QED) is 0.852. The van der Waals surface area contributed by atoms with E-state index in [4.69, 9.17) is 0 Å². The molecule has 2 heterocycles. The molecule has 0 amide bonds. The van der Waals surface area contributed by atoms with Crippen LogP contribution >= 0.6 is 0 Å². The molecule has 1 aromatic heterocycles. The number of aromatic nitrogens is 1. The summed E-state index contributed by atoms with van der Waals surface area (Å²) in [7, 11) is 0. The third kappa shape index (κ3) is 1.80. The van der Waals surface area contributed by atoms with E-state index in [0.29, 0.717) is 0 Å². The van der Waals surface area contributed by atoms with Gasteiger partial charge in [0.05, 0.1) is 6.54 Å². The highest BCUT2D eigenvalue weighted by atomic mass is 15.1. The fraction of sp³-hybridized carbons (Fsp3) is 0.400. The second-order valence-electron chi connectivity index (χ2n) is 4.85. The number of aryl methyl sites for hydroxylation is 2. The lowest BCUT2D eigenvalue weighted by molar-refractivity contribution is 0.953. The van der Waals surface area contributed by atoms with Crippen molar-refractivity contribution >= 4 is 16.7 Å². The van der Waals surface area contributed by atoms with Gasteiger partial charge in [0, 0.05) is 29.6 Å². The summed E-state index contributed by atoms with van der Waals surface area (Å²) in [6.45, 7) is 6.27. The van der Waals surface area contributed by atoms with Gasteiger partial charge in [0.25, 0.3) is 0 Å². The highest BCUT2D eigenvalue weighted by Gasteiger charge is 2.14. The standard InChI is InChI=1S/C15H19N3/c1-3-11-5-4-6-13-15(11)12(10(2)18-13)9-14-16-7-8-17-14/h4-6,18H,3,7-9H2,1-2H3,(H,16,17). The summed E-state index contributed by atoms with van der Waals surface area (Å²) in [6.07, 6.45) is 1.99. The van der Waals surface area contributed by atoms with Gasteiger partial charge in [-0.1, -0.05) is 19.1 Å². The van der Waals surface area contributed by atoms with Crippen molar-refractivity contribution in [3.05, 3.63) is 35.0 Å². The molecule has 1 aliphatic rings. The maximum absolute atomic E-state index is 4.51. The van der Waals surface area contributed by atoms with E-state index in [0.717, 1.165) is 31.8 Å². The Morgan fingerprint density at radius 3 is 2.94 bits per heavy atom. The first-order valence-electron chi connectivity index (χ1n) is 6.66. The molecule has 0 unspecified atom stereocenters. The second kappa shape index (κ2) is 4.48. The van der Waals surface area contributed by atoms with Crippen LogP contribution in [0.4, 0.5) is 0 Å². The molecule has 0 saturated heterocycles. The number of hydrogen-bond acceptors (Lipinski definition) is 2. The summed E-state index contributed by atoms with van der Waals surface area (Å²) in [6, 6.07) is 6.52. The molecule has 94 valence electrons. The second-order valence-corrected chi connectivity index (χ2v) is 4.85. The monoisotopic (exact) mass is 241 g/mol. The average molecular weight is 241 g/mol. The minimum atomic E-state index is 0.914. The van der Waals surface area contributed by atoms with Crippen LogP contribution in [0, 0.1) is 6.92 Å². The highest BCUT2D eigenvalue weighted by Crippen LogP contribution is 2.27. The number of aliphatic imine (C=N–C) groups is 1. The summed E-state index contributed by atoms with van der Waals surface area (Å²) >= 11 is 0. The van der Waals surface area contributed by atoms with Crippen LogP contribution in [0.3, 0.4) is 0 Å². The van der Waals surface area contributed by atoms with Crippen molar-refractivity contribution in [2.24, 2.45) is 4.99 Å². The van der Waals surface area contributed by atoms with Gasteiger partial charge in [0.1, 0.15) is 5.84 Å². The van der Waals surface area contributed by atoms with Gasteiger partial charge in [-0.05, 0) is 30.5 Å². The summed E-state index contributed by atoms with van der Waals surface area (Å²) in [5, 5.41) is 4.76. The van der Waals surface area contributed by atoms with E-state index >= 15 is 0 Å². The van der Waals surface area contributed by atoms with E-state index in [2.05, 4.69) is 47.3 Å².